The zero-order valence-electron chi connectivity index (χ0n) is 7.11. The van der Waals surface area contributed by atoms with Crippen LogP contribution in [-0.2, 0) is 0 Å². The van der Waals surface area contributed by atoms with E-state index in [9.17, 15) is 0 Å². The first-order valence-electron chi connectivity index (χ1n) is 3.76. The third-order valence-corrected chi connectivity index (χ3v) is 1.24. The van der Waals surface area contributed by atoms with Crippen LogP contribution in [0, 0.1) is 11.3 Å². The summed E-state index contributed by atoms with van der Waals surface area (Å²) >= 11 is 0. The Kier molecular flexibility index (Phi) is 2.65. The summed E-state index contributed by atoms with van der Waals surface area (Å²) in [6.45, 7) is 3.82. The van der Waals surface area contributed by atoms with Gasteiger partial charge in [-0.05, 0) is 26.0 Å². The first-order valence-corrected chi connectivity index (χ1v) is 3.76. The van der Waals surface area contributed by atoms with Crippen molar-refractivity contribution in [2.45, 2.75) is 20.0 Å². The fourth-order valence-corrected chi connectivity index (χ4v) is 0.824. The molecular formula is C9H10N2O. The first-order chi connectivity index (χ1) is 5.74. The van der Waals surface area contributed by atoms with Crippen molar-refractivity contribution in [2.24, 2.45) is 0 Å². The molecule has 0 N–H and O–H groups in total. The number of rotatable bonds is 2. The minimum Gasteiger partial charge on any atom is -0.488 e. The van der Waals surface area contributed by atoms with E-state index in [4.69, 9.17) is 10.00 Å². The maximum Gasteiger partial charge on any atom is 0.182 e. The molecule has 0 spiro atoms. The summed E-state index contributed by atoms with van der Waals surface area (Å²) in [5, 5.41) is 8.64. The maximum absolute atomic E-state index is 8.64. The van der Waals surface area contributed by atoms with Gasteiger partial charge in [0.1, 0.15) is 6.07 Å². The number of ether oxygens (including phenoxy) is 1. The highest BCUT2D eigenvalue weighted by atomic mass is 16.5. The average Bonchev–Trinajstić information content (AvgIpc) is 2.04. The highest BCUT2D eigenvalue weighted by Gasteiger charge is 2.03. The van der Waals surface area contributed by atoms with E-state index in [0.717, 1.165) is 0 Å². The molecule has 3 heteroatoms. The van der Waals surface area contributed by atoms with E-state index in [0.29, 0.717) is 11.4 Å². The Morgan fingerprint density at radius 2 is 2.33 bits per heavy atom. The molecule has 1 aromatic heterocycles. The molecule has 0 amide bonds. The van der Waals surface area contributed by atoms with Crippen LogP contribution in [-0.4, -0.2) is 11.1 Å². The molecule has 0 aromatic carbocycles. The second-order valence-corrected chi connectivity index (χ2v) is 2.63. The van der Waals surface area contributed by atoms with E-state index in [2.05, 4.69) is 4.98 Å². The highest BCUT2D eigenvalue weighted by molar-refractivity contribution is 5.36. The number of aromatic nitrogens is 1. The number of hydrogen-bond donors (Lipinski definition) is 0. The SMILES string of the molecule is CC(C)Oc1cccnc1C#N. The normalized spacial score (nSPS) is 9.50. The van der Waals surface area contributed by atoms with Crippen molar-refractivity contribution < 1.29 is 4.74 Å². The average molecular weight is 162 g/mol. The highest BCUT2D eigenvalue weighted by Crippen LogP contribution is 2.15. The lowest BCUT2D eigenvalue weighted by atomic mass is 10.3. The second-order valence-electron chi connectivity index (χ2n) is 2.63. The van der Waals surface area contributed by atoms with Crippen LogP contribution in [0.3, 0.4) is 0 Å². The molecule has 12 heavy (non-hydrogen) atoms. The van der Waals surface area contributed by atoms with Crippen molar-refractivity contribution in [1.82, 2.24) is 4.98 Å². The molecule has 0 unspecified atom stereocenters. The van der Waals surface area contributed by atoms with Gasteiger partial charge in [-0.25, -0.2) is 4.98 Å². The summed E-state index contributed by atoms with van der Waals surface area (Å²) in [6, 6.07) is 5.46. The largest absolute Gasteiger partial charge is 0.488 e. The molecule has 0 saturated heterocycles. The van der Waals surface area contributed by atoms with Gasteiger partial charge in [0.2, 0.25) is 0 Å². The predicted molar refractivity (Wildman–Crippen MR) is 44.7 cm³/mol. The van der Waals surface area contributed by atoms with Crippen LogP contribution in [0.1, 0.15) is 19.5 Å². The molecule has 0 fully saturated rings. The van der Waals surface area contributed by atoms with Crippen molar-refractivity contribution in [2.75, 3.05) is 0 Å². The number of nitrogens with zero attached hydrogens (tertiary/aromatic N) is 2. The standard InChI is InChI=1S/C9H10N2O/c1-7(2)12-9-4-3-5-11-8(9)6-10/h3-5,7H,1-2H3. The summed E-state index contributed by atoms with van der Waals surface area (Å²) in [5.41, 5.74) is 0.339. The van der Waals surface area contributed by atoms with Crippen LogP contribution in [0.4, 0.5) is 0 Å². The molecule has 0 aliphatic carbocycles. The lowest BCUT2D eigenvalue weighted by Crippen LogP contribution is -2.07. The zero-order chi connectivity index (χ0) is 8.97. The topological polar surface area (TPSA) is 45.9 Å². The number of pyridine rings is 1. The van der Waals surface area contributed by atoms with Crippen LogP contribution < -0.4 is 4.74 Å². The molecule has 3 nitrogen and oxygen atoms in total. The molecule has 1 rings (SSSR count). The molecule has 0 saturated carbocycles. The molecular weight excluding hydrogens is 152 g/mol. The van der Waals surface area contributed by atoms with Gasteiger partial charge in [-0.15, -0.1) is 0 Å². The third kappa shape index (κ3) is 1.96. The lowest BCUT2D eigenvalue weighted by molar-refractivity contribution is 0.240. The third-order valence-electron chi connectivity index (χ3n) is 1.24. The lowest BCUT2D eigenvalue weighted by Gasteiger charge is -2.09. The van der Waals surface area contributed by atoms with Crippen molar-refractivity contribution in [3.63, 3.8) is 0 Å². The van der Waals surface area contributed by atoms with Crippen LogP contribution in [0.2, 0.25) is 0 Å². The van der Waals surface area contributed by atoms with Crippen LogP contribution in [0.15, 0.2) is 18.3 Å². The molecule has 0 aliphatic rings. The Morgan fingerprint density at radius 3 is 2.92 bits per heavy atom. The minimum absolute atomic E-state index is 0.0706. The van der Waals surface area contributed by atoms with Gasteiger partial charge in [0, 0.05) is 6.20 Å². The fraction of sp³-hybridized carbons (Fsp3) is 0.333. The molecule has 1 heterocycles. The predicted octanol–water partition coefficient (Wildman–Crippen LogP) is 1.74. The van der Waals surface area contributed by atoms with Gasteiger partial charge in [-0.2, -0.15) is 5.26 Å². The van der Waals surface area contributed by atoms with E-state index < -0.39 is 0 Å². The summed E-state index contributed by atoms with van der Waals surface area (Å²) in [7, 11) is 0. The summed E-state index contributed by atoms with van der Waals surface area (Å²) < 4.78 is 5.35. The van der Waals surface area contributed by atoms with Crippen molar-refractivity contribution in [3.05, 3.63) is 24.0 Å². The Balaban J connectivity index is 2.91. The maximum atomic E-state index is 8.64. The zero-order valence-corrected chi connectivity index (χ0v) is 7.11. The van der Waals surface area contributed by atoms with Gasteiger partial charge < -0.3 is 4.74 Å². The van der Waals surface area contributed by atoms with Gasteiger partial charge in [-0.1, -0.05) is 0 Å². The van der Waals surface area contributed by atoms with Gasteiger partial charge >= 0.3 is 0 Å². The van der Waals surface area contributed by atoms with E-state index >= 15 is 0 Å². The van der Waals surface area contributed by atoms with Crippen molar-refractivity contribution >= 4 is 0 Å². The smallest absolute Gasteiger partial charge is 0.182 e. The molecule has 1 aromatic rings. The Bertz CT molecular complexity index is 302. The van der Waals surface area contributed by atoms with Crippen LogP contribution in [0.5, 0.6) is 5.75 Å². The Morgan fingerprint density at radius 1 is 1.58 bits per heavy atom. The summed E-state index contributed by atoms with van der Waals surface area (Å²) in [4.78, 5) is 3.86. The molecule has 0 aliphatic heterocycles. The van der Waals surface area contributed by atoms with Crippen LogP contribution >= 0.6 is 0 Å². The second kappa shape index (κ2) is 3.72. The fourth-order valence-electron chi connectivity index (χ4n) is 0.824. The summed E-state index contributed by atoms with van der Waals surface area (Å²) in [5.74, 6) is 0.551. The Hall–Kier alpha value is -1.56. The molecule has 62 valence electrons. The van der Waals surface area contributed by atoms with Crippen molar-refractivity contribution in [3.8, 4) is 11.8 Å². The summed E-state index contributed by atoms with van der Waals surface area (Å²) in [6.07, 6.45) is 1.65. The number of hydrogen-bond acceptors (Lipinski definition) is 3. The number of nitriles is 1. The van der Waals surface area contributed by atoms with E-state index in [1.807, 2.05) is 19.9 Å². The quantitative estimate of drug-likeness (QED) is 0.665. The van der Waals surface area contributed by atoms with Crippen LogP contribution in [0.25, 0.3) is 0 Å². The van der Waals surface area contributed by atoms with Crippen molar-refractivity contribution in [1.29, 1.82) is 5.26 Å². The minimum atomic E-state index is 0.0706. The van der Waals surface area contributed by atoms with E-state index in [-0.39, 0.29) is 6.10 Å². The van der Waals surface area contributed by atoms with Gasteiger partial charge in [-0.3, -0.25) is 0 Å². The van der Waals surface area contributed by atoms with Gasteiger partial charge in [0.15, 0.2) is 11.4 Å². The Labute approximate surface area is 71.6 Å². The van der Waals surface area contributed by atoms with E-state index in [1.165, 1.54) is 0 Å². The van der Waals surface area contributed by atoms with Gasteiger partial charge in [0.05, 0.1) is 6.10 Å². The van der Waals surface area contributed by atoms with Gasteiger partial charge in [0.25, 0.3) is 0 Å². The monoisotopic (exact) mass is 162 g/mol. The molecule has 0 bridgehead atoms. The first kappa shape index (κ1) is 8.54. The van der Waals surface area contributed by atoms with E-state index in [1.54, 1.807) is 18.3 Å². The molecule has 0 atom stereocenters. The molecule has 0 radical (unpaired) electrons.